The Hall–Kier alpha value is -2.52. The minimum atomic E-state index is -0.565. The van der Waals surface area contributed by atoms with E-state index >= 15 is 0 Å². The smallest absolute Gasteiger partial charge is 0.265 e. The quantitative estimate of drug-likeness (QED) is 0.686. The number of ether oxygens (including phenoxy) is 1. The Morgan fingerprint density at radius 2 is 1.83 bits per heavy atom. The summed E-state index contributed by atoms with van der Waals surface area (Å²) in [6.45, 7) is 1.92. The molecule has 3 nitrogen and oxygen atoms in total. The van der Waals surface area contributed by atoms with E-state index in [4.69, 9.17) is 16.3 Å². The van der Waals surface area contributed by atoms with Crippen molar-refractivity contribution in [2.24, 2.45) is 0 Å². The third kappa shape index (κ3) is 3.87. The molecule has 1 atom stereocenters. The zero-order valence-electron chi connectivity index (χ0n) is 13.3. The number of carbonyl (C=O) groups excluding carboxylic acids is 1. The molecule has 3 rings (SSSR count). The summed E-state index contributed by atoms with van der Waals surface area (Å²) in [5.74, 6) is 0.495. The number of anilines is 1. The second kappa shape index (κ2) is 7.37. The van der Waals surface area contributed by atoms with Crippen LogP contribution in [0.5, 0.6) is 5.75 Å². The number of halogens is 1. The molecule has 1 amide bonds. The van der Waals surface area contributed by atoms with E-state index in [1.807, 2.05) is 49.4 Å². The first kappa shape index (κ1) is 16.3. The van der Waals surface area contributed by atoms with Crippen LogP contribution in [0.1, 0.15) is 13.3 Å². The lowest BCUT2D eigenvalue weighted by Crippen LogP contribution is -2.32. The maximum absolute atomic E-state index is 12.4. The van der Waals surface area contributed by atoms with Crippen molar-refractivity contribution in [3.63, 3.8) is 0 Å². The second-order valence-electron chi connectivity index (χ2n) is 5.52. The molecule has 0 aliphatic carbocycles. The molecule has 3 aromatic rings. The van der Waals surface area contributed by atoms with Gasteiger partial charge in [0.1, 0.15) is 5.75 Å². The minimum Gasteiger partial charge on any atom is -0.481 e. The largest absolute Gasteiger partial charge is 0.481 e. The van der Waals surface area contributed by atoms with Crippen molar-refractivity contribution in [2.45, 2.75) is 19.4 Å². The normalized spacial score (nSPS) is 11.9. The molecule has 0 bridgehead atoms. The van der Waals surface area contributed by atoms with Gasteiger partial charge >= 0.3 is 0 Å². The van der Waals surface area contributed by atoms with Gasteiger partial charge in [0.2, 0.25) is 0 Å². The van der Waals surface area contributed by atoms with Crippen LogP contribution in [0.25, 0.3) is 10.8 Å². The van der Waals surface area contributed by atoms with Gasteiger partial charge in [-0.25, -0.2) is 0 Å². The molecule has 0 aliphatic rings. The summed E-state index contributed by atoms with van der Waals surface area (Å²) in [6.07, 6.45) is 0.00399. The first-order valence-corrected chi connectivity index (χ1v) is 8.25. The fourth-order valence-electron chi connectivity index (χ4n) is 2.52. The molecule has 0 heterocycles. The zero-order chi connectivity index (χ0) is 16.9. The van der Waals surface area contributed by atoms with Gasteiger partial charge in [0, 0.05) is 10.7 Å². The molecular formula is C20H18ClNO2. The van der Waals surface area contributed by atoms with Gasteiger partial charge in [-0.15, -0.1) is 0 Å². The Balaban J connectivity index is 1.74. The third-order valence-electron chi connectivity index (χ3n) is 3.75. The molecular weight excluding hydrogens is 322 g/mol. The molecule has 0 unspecified atom stereocenters. The van der Waals surface area contributed by atoms with Crippen molar-refractivity contribution in [3.05, 3.63) is 71.8 Å². The monoisotopic (exact) mass is 339 g/mol. The van der Waals surface area contributed by atoms with Crippen molar-refractivity contribution in [2.75, 3.05) is 5.32 Å². The summed E-state index contributed by atoms with van der Waals surface area (Å²) in [5.41, 5.74) is 0.660. The molecule has 0 saturated carbocycles. The van der Waals surface area contributed by atoms with Gasteiger partial charge in [-0.05, 0) is 47.5 Å². The lowest BCUT2D eigenvalue weighted by molar-refractivity contribution is -0.122. The highest BCUT2D eigenvalue weighted by Gasteiger charge is 2.18. The Morgan fingerprint density at radius 3 is 2.58 bits per heavy atom. The molecule has 0 spiro atoms. The van der Waals surface area contributed by atoms with Crippen LogP contribution in [0.15, 0.2) is 66.7 Å². The number of hydrogen-bond acceptors (Lipinski definition) is 2. The van der Waals surface area contributed by atoms with Crippen LogP contribution in [-0.4, -0.2) is 12.0 Å². The molecule has 24 heavy (non-hydrogen) atoms. The van der Waals surface area contributed by atoms with Gasteiger partial charge in [-0.3, -0.25) is 4.79 Å². The molecule has 0 aliphatic heterocycles. The predicted octanol–water partition coefficient (Wildman–Crippen LogP) is 5.29. The highest BCUT2D eigenvalue weighted by molar-refractivity contribution is 6.30. The first-order valence-electron chi connectivity index (χ1n) is 7.87. The van der Waals surface area contributed by atoms with E-state index in [1.54, 1.807) is 24.3 Å². The average Bonchev–Trinajstić information content (AvgIpc) is 2.59. The van der Waals surface area contributed by atoms with Gasteiger partial charge in [0.15, 0.2) is 6.10 Å². The van der Waals surface area contributed by atoms with Gasteiger partial charge in [-0.1, -0.05) is 54.9 Å². The molecule has 4 heteroatoms. The molecule has 0 fully saturated rings. The minimum absolute atomic E-state index is 0.187. The van der Waals surface area contributed by atoms with E-state index < -0.39 is 6.10 Å². The van der Waals surface area contributed by atoms with Crippen LogP contribution in [0.4, 0.5) is 5.69 Å². The highest BCUT2D eigenvalue weighted by Crippen LogP contribution is 2.22. The van der Waals surface area contributed by atoms with Crippen LogP contribution in [0.3, 0.4) is 0 Å². The Bertz CT molecular complexity index is 863. The van der Waals surface area contributed by atoms with Crippen molar-refractivity contribution >= 4 is 34.0 Å². The maximum atomic E-state index is 12.4. The zero-order valence-corrected chi connectivity index (χ0v) is 14.1. The molecule has 0 aromatic heterocycles. The number of carbonyl (C=O) groups is 1. The maximum Gasteiger partial charge on any atom is 0.265 e. The number of benzene rings is 3. The second-order valence-corrected chi connectivity index (χ2v) is 5.96. The van der Waals surface area contributed by atoms with Crippen LogP contribution in [0, 0.1) is 0 Å². The van der Waals surface area contributed by atoms with Crippen LogP contribution >= 0.6 is 11.6 Å². The van der Waals surface area contributed by atoms with Gasteiger partial charge in [-0.2, -0.15) is 0 Å². The predicted molar refractivity (Wildman–Crippen MR) is 98.7 cm³/mol. The third-order valence-corrected chi connectivity index (χ3v) is 3.99. The van der Waals surface area contributed by atoms with Crippen molar-refractivity contribution in [3.8, 4) is 5.75 Å². The van der Waals surface area contributed by atoms with Crippen molar-refractivity contribution in [1.82, 2.24) is 0 Å². The SMILES string of the molecule is CC[C@@H](Oc1ccc2ccccc2c1)C(=O)Nc1cccc(Cl)c1. The number of hydrogen-bond donors (Lipinski definition) is 1. The summed E-state index contributed by atoms with van der Waals surface area (Å²) in [6, 6.07) is 20.9. The van der Waals surface area contributed by atoms with E-state index in [1.165, 1.54) is 0 Å². The van der Waals surface area contributed by atoms with E-state index in [-0.39, 0.29) is 5.91 Å². The molecule has 3 aromatic carbocycles. The summed E-state index contributed by atoms with van der Waals surface area (Å²) >= 11 is 5.94. The number of fused-ring (bicyclic) bond motifs is 1. The number of amides is 1. The van der Waals surface area contributed by atoms with E-state index in [0.717, 1.165) is 10.8 Å². The molecule has 122 valence electrons. The topological polar surface area (TPSA) is 38.3 Å². The number of rotatable bonds is 5. The fraction of sp³-hybridized carbons (Fsp3) is 0.150. The fourth-order valence-corrected chi connectivity index (χ4v) is 2.71. The Labute approximate surface area is 146 Å². The van der Waals surface area contributed by atoms with Crippen LogP contribution in [0.2, 0.25) is 5.02 Å². The Kier molecular flexibility index (Phi) is 5.02. The summed E-state index contributed by atoms with van der Waals surface area (Å²) in [4.78, 5) is 12.4. The van der Waals surface area contributed by atoms with Gasteiger partial charge in [0.25, 0.3) is 5.91 Å². The van der Waals surface area contributed by atoms with Crippen molar-refractivity contribution < 1.29 is 9.53 Å². The van der Waals surface area contributed by atoms with Gasteiger partial charge < -0.3 is 10.1 Å². The Morgan fingerprint density at radius 1 is 1.04 bits per heavy atom. The lowest BCUT2D eigenvalue weighted by Gasteiger charge is -2.17. The molecule has 1 N–H and O–H groups in total. The molecule has 0 saturated heterocycles. The van der Waals surface area contributed by atoms with Gasteiger partial charge in [0.05, 0.1) is 0 Å². The average molecular weight is 340 g/mol. The van der Waals surface area contributed by atoms with E-state index in [0.29, 0.717) is 22.9 Å². The van der Waals surface area contributed by atoms with E-state index in [9.17, 15) is 4.79 Å². The summed E-state index contributed by atoms with van der Waals surface area (Å²) in [5, 5.41) is 5.65. The summed E-state index contributed by atoms with van der Waals surface area (Å²) in [7, 11) is 0. The lowest BCUT2D eigenvalue weighted by atomic mass is 10.1. The molecule has 0 radical (unpaired) electrons. The highest BCUT2D eigenvalue weighted by atomic mass is 35.5. The van der Waals surface area contributed by atoms with Crippen molar-refractivity contribution in [1.29, 1.82) is 0 Å². The van der Waals surface area contributed by atoms with Crippen LogP contribution in [-0.2, 0) is 4.79 Å². The first-order chi connectivity index (χ1) is 11.7. The standard InChI is InChI=1S/C20H18ClNO2/c1-2-19(20(23)22-17-9-5-8-16(21)13-17)24-18-11-10-14-6-3-4-7-15(14)12-18/h3-13,19H,2H2,1H3,(H,22,23)/t19-/m1/s1. The number of nitrogens with one attached hydrogen (secondary N) is 1. The van der Waals surface area contributed by atoms with E-state index in [2.05, 4.69) is 5.32 Å². The van der Waals surface area contributed by atoms with Crippen LogP contribution < -0.4 is 10.1 Å². The summed E-state index contributed by atoms with van der Waals surface area (Å²) < 4.78 is 5.89.